The number of fused-ring (bicyclic) bond motifs is 2. The molecule has 4 aromatic rings. The molecule has 0 radical (unpaired) electrons. The smallest absolute Gasteiger partial charge is 0.291 e. The number of hydrogen-bond acceptors (Lipinski definition) is 4. The van der Waals surface area contributed by atoms with Crippen LogP contribution in [-0.2, 0) is 11.3 Å². The fourth-order valence-corrected chi connectivity index (χ4v) is 4.47. The Morgan fingerprint density at radius 3 is 2.76 bits per heavy atom. The molecule has 3 heterocycles. The molecule has 5 rings (SSSR count). The maximum atomic E-state index is 13.0. The molecule has 0 spiro atoms. The number of pyridine rings is 1. The standard InChI is InChI=1S/C25H22ClN3O4/c26-17-7-8-21-16(14-17)15-22(33-21)24(31)27-20-5-1-4-19-18(20)9-13-29(25(19)32)12-3-11-28-10-2-6-23(28)30/h1,4-5,7-9,13-15H,2-3,6,10-12H2,(H,27,31). The SMILES string of the molecule is O=C(Nc1cccc2c(=O)n(CCCN3CCCC3=O)ccc12)c1cc2cc(Cl)ccc2o1. The monoisotopic (exact) mass is 463 g/mol. The van der Waals surface area contributed by atoms with Crippen LogP contribution in [0.3, 0.4) is 0 Å². The van der Waals surface area contributed by atoms with Crippen LogP contribution in [0.5, 0.6) is 0 Å². The van der Waals surface area contributed by atoms with Gasteiger partial charge in [0, 0.05) is 59.1 Å². The molecule has 2 aromatic carbocycles. The summed E-state index contributed by atoms with van der Waals surface area (Å²) >= 11 is 6.01. The first kappa shape index (κ1) is 21.3. The number of anilines is 1. The van der Waals surface area contributed by atoms with Crippen molar-refractivity contribution in [1.82, 2.24) is 9.47 Å². The van der Waals surface area contributed by atoms with Crippen LogP contribution in [-0.4, -0.2) is 34.4 Å². The Morgan fingerprint density at radius 1 is 1.06 bits per heavy atom. The van der Waals surface area contributed by atoms with Gasteiger partial charge in [0.25, 0.3) is 11.5 Å². The van der Waals surface area contributed by atoms with Crippen molar-refractivity contribution in [1.29, 1.82) is 0 Å². The van der Waals surface area contributed by atoms with Crippen LogP contribution >= 0.6 is 11.6 Å². The Balaban J connectivity index is 1.35. The number of aryl methyl sites for hydroxylation is 1. The molecule has 0 saturated carbocycles. The molecule has 0 bridgehead atoms. The minimum absolute atomic E-state index is 0.130. The van der Waals surface area contributed by atoms with E-state index in [1.54, 1.807) is 53.2 Å². The summed E-state index contributed by atoms with van der Waals surface area (Å²) in [6.45, 7) is 1.98. The second kappa shape index (κ2) is 8.75. The van der Waals surface area contributed by atoms with Gasteiger partial charge in [0.2, 0.25) is 5.91 Å². The van der Waals surface area contributed by atoms with Gasteiger partial charge in [-0.2, -0.15) is 0 Å². The topological polar surface area (TPSA) is 84.5 Å². The van der Waals surface area contributed by atoms with E-state index in [-0.39, 0.29) is 17.2 Å². The van der Waals surface area contributed by atoms with E-state index < -0.39 is 5.91 Å². The van der Waals surface area contributed by atoms with E-state index in [2.05, 4.69) is 5.32 Å². The zero-order valence-corrected chi connectivity index (χ0v) is 18.6. The molecule has 1 saturated heterocycles. The number of rotatable bonds is 6. The van der Waals surface area contributed by atoms with E-state index >= 15 is 0 Å². The minimum Gasteiger partial charge on any atom is -0.451 e. The lowest BCUT2D eigenvalue weighted by atomic mass is 10.1. The second-order valence-electron chi connectivity index (χ2n) is 8.17. The Hall–Kier alpha value is -3.58. The lowest BCUT2D eigenvalue weighted by molar-refractivity contribution is -0.127. The van der Waals surface area contributed by atoms with Gasteiger partial charge in [-0.1, -0.05) is 17.7 Å². The van der Waals surface area contributed by atoms with E-state index in [9.17, 15) is 14.4 Å². The van der Waals surface area contributed by atoms with Crippen LogP contribution in [0.2, 0.25) is 5.02 Å². The molecule has 1 fully saturated rings. The molecule has 168 valence electrons. The molecule has 33 heavy (non-hydrogen) atoms. The van der Waals surface area contributed by atoms with Crippen LogP contribution in [0.4, 0.5) is 5.69 Å². The van der Waals surface area contributed by atoms with E-state index in [4.69, 9.17) is 16.0 Å². The third kappa shape index (κ3) is 4.24. The summed E-state index contributed by atoms with van der Waals surface area (Å²) in [6.07, 6.45) is 3.97. The molecule has 1 aliphatic rings. The summed E-state index contributed by atoms with van der Waals surface area (Å²) in [4.78, 5) is 39.4. The zero-order chi connectivity index (χ0) is 22.9. The normalized spacial score (nSPS) is 13.8. The van der Waals surface area contributed by atoms with Crippen molar-refractivity contribution in [3.05, 3.63) is 75.9 Å². The molecule has 0 atom stereocenters. The number of aromatic nitrogens is 1. The molecule has 8 heteroatoms. The summed E-state index contributed by atoms with van der Waals surface area (Å²) in [5, 5.41) is 5.32. The van der Waals surface area contributed by atoms with Crippen molar-refractivity contribution in [3.63, 3.8) is 0 Å². The quantitative estimate of drug-likeness (QED) is 0.450. The van der Waals surface area contributed by atoms with Gasteiger partial charge >= 0.3 is 0 Å². The maximum absolute atomic E-state index is 13.0. The number of furan rings is 1. The van der Waals surface area contributed by atoms with Crippen LogP contribution in [0, 0.1) is 0 Å². The Morgan fingerprint density at radius 2 is 1.94 bits per heavy atom. The molecule has 0 unspecified atom stereocenters. The molecule has 1 N–H and O–H groups in total. The first-order valence-corrected chi connectivity index (χ1v) is 11.3. The fourth-order valence-electron chi connectivity index (χ4n) is 4.29. The van der Waals surface area contributed by atoms with E-state index in [0.29, 0.717) is 53.0 Å². The highest BCUT2D eigenvalue weighted by molar-refractivity contribution is 6.31. The Kier molecular flexibility index (Phi) is 5.64. The van der Waals surface area contributed by atoms with Crippen LogP contribution < -0.4 is 10.9 Å². The number of carbonyl (C=O) groups is 2. The Bertz CT molecular complexity index is 1440. The first-order valence-electron chi connectivity index (χ1n) is 10.9. The number of hydrogen-bond donors (Lipinski definition) is 1. The highest BCUT2D eigenvalue weighted by atomic mass is 35.5. The summed E-state index contributed by atoms with van der Waals surface area (Å²) < 4.78 is 7.29. The van der Waals surface area contributed by atoms with Gasteiger partial charge in [0.05, 0.1) is 0 Å². The van der Waals surface area contributed by atoms with Gasteiger partial charge in [-0.05, 0) is 55.3 Å². The van der Waals surface area contributed by atoms with Crippen LogP contribution in [0.1, 0.15) is 29.8 Å². The van der Waals surface area contributed by atoms with Crippen molar-refractivity contribution in [2.45, 2.75) is 25.8 Å². The fraction of sp³-hybridized carbons (Fsp3) is 0.240. The van der Waals surface area contributed by atoms with Gasteiger partial charge in [-0.25, -0.2) is 0 Å². The van der Waals surface area contributed by atoms with Crippen LogP contribution in [0.15, 0.2) is 63.9 Å². The van der Waals surface area contributed by atoms with E-state index in [1.165, 1.54) is 0 Å². The van der Waals surface area contributed by atoms with Gasteiger partial charge in [-0.3, -0.25) is 14.4 Å². The summed E-state index contributed by atoms with van der Waals surface area (Å²) in [5.41, 5.74) is 0.971. The average molecular weight is 464 g/mol. The molecule has 7 nitrogen and oxygen atoms in total. The molecule has 1 aliphatic heterocycles. The van der Waals surface area contributed by atoms with Crippen molar-refractivity contribution >= 4 is 50.8 Å². The predicted octanol–water partition coefficient (Wildman–Crippen LogP) is 4.67. The summed E-state index contributed by atoms with van der Waals surface area (Å²) in [5.74, 6) is -0.0582. The number of nitrogens with zero attached hydrogens (tertiary/aromatic N) is 2. The average Bonchev–Trinajstić information content (AvgIpc) is 3.41. The number of nitrogens with one attached hydrogen (secondary N) is 1. The summed E-state index contributed by atoms with van der Waals surface area (Å²) in [6, 6.07) is 13.9. The number of halogens is 1. The number of amides is 2. The summed E-state index contributed by atoms with van der Waals surface area (Å²) in [7, 11) is 0. The number of benzene rings is 2. The van der Waals surface area contributed by atoms with Gasteiger partial charge in [0.15, 0.2) is 5.76 Å². The van der Waals surface area contributed by atoms with Gasteiger partial charge < -0.3 is 19.2 Å². The lowest BCUT2D eigenvalue weighted by Gasteiger charge is -2.16. The first-order chi connectivity index (χ1) is 16.0. The molecule has 0 aliphatic carbocycles. The van der Waals surface area contributed by atoms with E-state index in [1.807, 2.05) is 11.0 Å². The molecule has 2 amide bonds. The van der Waals surface area contributed by atoms with E-state index in [0.717, 1.165) is 18.4 Å². The highest BCUT2D eigenvalue weighted by Crippen LogP contribution is 2.25. The predicted molar refractivity (Wildman–Crippen MR) is 128 cm³/mol. The lowest BCUT2D eigenvalue weighted by Crippen LogP contribution is -2.28. The van der Waals surface area contributed by atoms with Crippen molar-refractivity contribution in [2.24, 2.45) is 0 Å². The third-order valence-corrected chi connectivity index (χ3v) is 6.20. The largest absolute Gasteiger partial charge is 0.451 e. The van der Waals surface area contributed by atoms with Crippen molar-refractivity contribution in [3.8, 4) is 0 Å². The number of likely N-dealkylation sites (tertiary alicyclic amines) is 1. The second-order valence-corrected chi connectivity index (χ2v) is 8.60. The van der Waals surface area contributed by atoms with Crippen LogP contribution in [0.25, 0.3) is 21.7 Å². The van der Waals surface area contributed by atoms with Crippen molar-refractivity contribution in [2.75, 3.05) is 18.4 Å². The highest BCUT2D eigenvalue weighted by Gasteiger charge is 2.19. The maximum Gasteiger partial charge on any atom is 0.291 e. The minimum atomic E-state index is -0.408. The van der Waals surface area contributed by atoms with Gasteiger partial charge in [0.1, 0.15) is 5.58 Å². The van der Waals surface area contributed by atoms with Crippen molar-refractivity contribution < 1.29 is 14.0 Å². The van der Waals surface area contributed by atoms with Gasteiger partial charge in [-0.15, -0.1) is 0 Å². The molecule has 2 aromatic heterocycles. The Labute approximate surface area is 194 Å². The molecular formula is C25H22ClN3O4. The third-order valence-electron chi connectivity index (χ3n) is 5.97. The number of carbonyl (C=O) groups excluding carboxylic acids is 2. The molecular weight excluding hydrogens is 442 g/mol. The zero-order valence-electron chi connectivity index (χ0n) is 17.8.